The average molecular weight is 297 g/mol. The monoisotopic (exact) mass is 297 g/mol. The highest BCUT2D eigenvalue weighted by Crippen LogP contribution is 2.31. The molecule has 0 radical (unpaired) electrons. The first-order chi connectivity index (χ1) is 9.63. The number of hydrogen-bond donors (Lipinski definition) is 0. The predicted octanol–water partition coefficient (Wildman–Crippen LogP) is 1.31. The Labute approximate surface area is 120 Å². The number of carbonyl (C=O) groups excluding carboxylic acids is 2. The lowest BCUT2D eigenvalue weighted by Crippen LogP contribution is -2.25. The number of anilines is 1. The Morgan fingerprint density at radius 2 is 2.30 bits per heavy atom. The van der Waals surface area contributed by atoms with Crippen LogP contribution in [0.4, 0.5) is 6.01 Å². The maximum atomic E-state index is 11.9. The second-order valence-corrected chi connectivity index (χ2v) is 6.34. The van der Waals surface area contributed by atoms with E-state index >= 15 is 0 Å². The largest absolute Gasteiger partial charge is 0.405 e. The first-order valence-electron chi connectivity index (χ1n) is 6.56. The number of thioether (sulfide) groups is 1. The lowest BCUT2D eigenvalue weighted by atomic mass is 10.2. The van der Waals surface area contributed by atoms with Crippen LogP contribution in [0.1, 0.15) is 38.2 Å². The molecule has 2 unspecified atom stereocenters. The number of nitrogens with zero attached hydrogens (tertiary/aromatic N) is 3. The van der Waals surface area contributed by atoms with Gasteiger partial charge in [0.2, 0.25) is 11.8 Å². The molecule has 2 saturated heterocycles. The molecule has 8 heteroatoms. The first-order valence-corrected chi connectivity index (χ1v) is 7.44. The van der Waals surface area contributed by atoms with Gasteiger partial charge in [0, 0.05) is 31.7 Å². The summed E-state index contributed by atoms with van der Waals surface area (Å²) in [6.07, 6.45) is 2.00. The Kier molecular flexibility index (Phi) is 3.75. The van der Waals surface area contributed by atoms with Crippen molar-refractivity contribution in [2.75, 3.05) is 18.1 Å². The van der Waals surface area contributed by atoms with Crippen LogP contribution < -0.4 is 4.90 Å². The fraction of sp³-hybridized carbons (Fsp3) is 0.667. The molecule has 0 bridgehead atoms. The molecule has 0 aromatic carbocycles. The van der Waals surface area contributed by atoms with Gasteiger partial charge in [0.1, 0.15) is 6.10 Å². The summed E-state index contributed by atoms with van der Waals surface area (Å²) in [5.74, 6) is 0.333. The zero-order chi connectivity index (χ0) is 14.1. The van der Waals surface area contributed by atoms with Gasteiger partial charge in [0.25, 0.3) is 0 Å². The molecule has 2 aliphatic heterocycles. The molecule has 108 valence electrons. The van der Waals surface area contributed by atoms with Crippen molar-refractivity contribution in [3.8, 4) is 0 Å². The van der Waals surface area contributed by atoms with Gasteiger partial charge in [-0.1, -0.05) is 16.9 Å². The number of rotatable bonds is 3. The highest BCUT2D eigenvalue weighted by molar-refractivity contribution is 8.14. The van der Waals surface area contributed by atoms with E-state index in [4.69, 9.17) is 9.15 Å². The van der Waals surface area contributed by atoms with Crippen LogP contribution in [-0.2, 0) is 14.3 Å². The fourth-order valence-corrected chi connectivity index (χ4v) is 3.33. The van der Waals surface area contributed by atoms with E-state index in [0.717, 1.165) is 12.8 Å². The summed E-state index contributed by atoms with van der Waals surface area (Å²) in [6.45, 7) is 2.62. The maximum Gasteiger partial charge on any atom is 0.325 e. The van der Waals surface area contributed by atoms with E-state index in [1.54, 1.807) is 0 Å². The topological polar surface area (TPSA) is 85.5 Å². The van der Waals surface area contributed by atoms with E-state index in [0.29, 0.717) is 25.5 Å². The summed E-state index contributed by atoms with van der Waals surface area (Å²) < 4.78 is 11.0. The third kappa shape index (κ3) is 2.71. The van der Waals surface area contributed by atoms with Crippen LogP contribution in [0, 0.1) is 0 Å². The molecule has 2 aliphatic rings. The van der Waals surface area contributed by atoms with Crippen LogP contribution in [0.5, 0.6) is 0 Å². The molecule has 2 fully saturated rings. The van der Waals surface area contributed by atoms with E-state index in [9.17, 15) is 9.59 Å². The van der Waals surface area contributed by atoms with Crippen molar-refractivity contribution in [1.82, 2.24) is 10.2 Å². The quantitative estimate of drug-likeness (QED) is 0.831. The zero-order valence-electron chi connectivity index (χ0n) is 11.1. The maximum absolute atomic E-state index is 11.9. The number of aromatic nitrogens is 2. The Hall–Kier alpha value is -1.41. The molecule has 20 heavy (non-hydrogen) atoms. The number of carbonyl (C=O) groups is 2. The van der Waals surface area contributed by atoms with E-state index in [2.05, 4.69) is 10.2 Å². The van der Waals surface area contributed by atoms with Crippen molar-refractivity contribution in [3.63, 3.8) is 0 Å². The molecule has 2 atom stereocenters. The number of hydrogen-bond acceptors (Lipinski definition) is 7. The molecule has 1 amide bonds. The van der Waals surface area contributed by atoms with Crippen LogP contribution in [0.2, 0.25) is 0 Å². The van der Waals surface area contributed by atoms with Gasteiger partial charge in [-0.15, -0.1) is 5.10 Å². The molecule has 1 aromatic heterocycles. The summed E-state index contributed by atoms with van der Waals surface area (Å²) in [6, 6.07) is 0.201. The summed E-state index contributed by atoms with van der Waals surface area (Å²) in [5.41, 5.74) is 0. The molecule has 1 aromatic rings. The lowest BCUT2D eigenvalue weighted by Gasteiger charge is -2.10. The normalized spacial score (nSPS) is 26.4. The Balaban J connectivity index is 1.69. The van der Waals surface area contributed by atoms with Crippen LogP contribution >= 0.6 is 11.8 Å². The van der Waals surface area contributed by atoms with E-state index < -0.39 is 0 Å². The SMILES string of the molecule is CC(=O)SC1CC(=O)N(c2nnc(C3CCCO3)o2)C1. The third-order valence-corrected chi connectivity index (χ3v) is 4.27. The molecule has 3 rings (SSSR count). The second kappa shape index (κ2) is 5.53. The van der Waals surface area contributed by atoms with Gasteiger partial charge in [0.15, 0.2) is 5.12 Å². The predicted molar refractivity (Wildman–Crippen MR) is 71.3 cm³/mol. The molecule has 7 nitrogen and oxygen atoms in total. The van der Waals surface area contributed by atoms with Crippen LogP contribution in [0.15, 0.2) is 4.42 Å². The molecule has 0 saturated carbocycles. The molecule has 0 aliphatic carbocycles. The minimum absolute atomic E-state index is 0.00947. The third-order valence-electron chi connectivity index (χ3n) is 3.29. The van der Waals surface area contributed by atoms with Gasteiger partial charge in [0.05, 0.1) is 0 Å². The van der Waals surface area contributed by atoms with Crippen LogP contribution in [-0.4, -0.2) is 39.6 Å². The molecule has 0 spiro atoms. The van der Waals surface area contributed by atoms with Crippen molar-refractivity contribution in [1.29, 1.82) is 0 Å². The highest BCUT2D eigenvalue weighted by Gasteiger charge is 2.35. The first kappa shape index (κ1) is 13.6. The molecular weight excluding hydrogens is 282 g/mol. The van der Waals surface area contributed by atoms with Gasteiger partial charge in [-0.05, 0) is 12.8 Å². The average Bonchev–Trinajstić information content (AvgIpc) is 3.07. The van der Waals surface area contributed by atoms with Gasteiger partial charge in [-0.25, -0.2) is 0 Å². The lowest BCUT2D eigenvalue weighted by molar-refractivity contribution is -0.117. The smallest absolute Gasteiger partial charge is 0.325 e. The number of ether oxygens (including phenoxy) is 1. The van der Waals surface area contributed by atoms with Gasteiger partial charge in [-0.3, -0.25) is 14.5 Å². The van der Waals surface area contributed by atoms with Crippen molar-refractivity contribution in [3.05, 3.63) is 5.89 Å². The van der Waals surface area contributed by atoms with Gasteiger partial charge >= 0.3 is 6.01 Å². The second-order valence-electron chi connectivity index (χ2n) is 4.86. The summed E-state index contributed by atoms with van der Waals surface area (Å²) >= 11 is 1.18. The van der Waals surface area contributed by atoms with E-state index in [1.807, 2.05) is 0 Å². The van der Waals surface area contributed by atoms with Crippen molar-refractivity contribution in [2.24, 2.45) is 0 Å². The van der Waals surface area contributed by atoms with Crippen molar-refractivity contribution in [2.45, 2.75) is 37.5 Å². The Morgan fingerprint density at radius 3 is 3.00 bits per heavy atom. The zero-order valence-corrected chi connectivity index (χ0v) is 11.9. The van der Waals surface area contributed by atoms with Gasteiger partial charge in [-0.2, -0.15) is 0 Å². The van der Waals surface area contributed by atoms with Crippen molar-refractivity contribution < 1.29 is 18.7 Å². The van der Waals surface area contributed by atoms with Crippen LogP contribution in [0.25, 0.3) is 0 Å². The summed E-state index contributed by atoms with van der Waals surface area (Å²) in [7, 11) is 0. The minimum Gasteiger partial charge on any atom is -0.405 e. The molecular formula is C12H15N3O4S. The van der Waals surface area contributed by atoms with E-state index in [1.165, 1.54) is 23.6 Å². The standard InChI is InChI=1S/C12H15N3O4S/c1-7(16)20-8-5-10(17)15(6-8)12-14-13-11(19-12)9-3-2-4-18-9/h8-9H,2-6H2,1H3. The Bertz CT molecular complexity index is 527. The van der Waals surface area contributed by atoms with Crippen molar-refractivity contribution >= 4 is 28.8 Å². The van der Waals surface area contributed by atoms with Gasteiger partial charge < -0.3 is 9.15 Å². The van der Waals surface area contributed by atoms with E-state index in [-0.39, 0.29) is 28.4 Å². The summed E-state index contributed by atoms with van der Waals surface area (Å²) in [5, 5.41) is 7.84. The highest BCUT2D eigenvalue weighted by atomic mass is 32.2. The minimum atomic E-state index is -0.156. The fourth-order valence-electron chi connectivity index (χ4n) is 2.41. The van der Waals surface area contributed by atoms with Crippen LogP contribution in [0.3, 0.4) is 0 Å². The summed E-state index contributed by atoms with van der Waals surface area (Å²) in [4.78, 5) is 24.5. The molecule has 3 heterocycles. The molecule has 0 N–H and O–H groups in total. The number of amides is 1. The Morgan fingerprint density at radius 1 is 1.45 bits per heavy atom.